The van der Waals surface area contributed by atoms with Crippen LogP contribution in [0, 0.1) is 19.8 Å². The third-order valence-corrected chi connectivity index (χ3v) is 5.56. The fourth-order valence-electron chi connectivity index (χ4n) is 3.17. The molecule has 0 spiro atoms. The molecular weight excluding hydrogens is 366 g/mol. The molecule has 1 saturated heterocycles. The maximum atomic E-state index is 12.2. The Morgan fingerprint density at radius 1 is 1.19 bits per heavy atom. The van der Waals surface area contributed by atoms with E-state index in [1.54, 1.807) is 33.8 Å². The number of benzene rings is 1. The Balaban J connectivity index is 1.59. The molecule has 0 N–H and O–H groups in total. The lowest BCUT2D eigenvalue weighted by molar-refractivity contribution is -0.135. The van der Waals surface area contributed by atoms with Gasteiger partial charge in [0, 0.05) is 13.1 Å². The van der Waals surface area contributed by atoms with Gasteiger partial charge in [0.1, 0.15) is 0 Å². The first kappa shape index (κ1) is 19.4. The summed E-state index contributed by atoms with van der Waals surface area (Å²) in [5, 5.41) is 5.02. The Morgan fingerprint density at radius 3 is 2.37 bits per heavy atom. The minimum absolute atomic E-state index is 0.135. The largest absolute Gasteiger partial charge is 0.452 e. The van der Waals surface area contributed by atoms with Crippen molar-refractivity contribution >= 4 is 23.5 Å². The summed E-state index contributed by atoms with van der Waals surface area (Å²) in [6.45, 7) is 7.16. The Hall–Kier alpha value is -2.34. The number of piperidine rings is 1. The van der Waals surface area contributed by atoms with E-state index < -0.39 is 5.97 Å². The summed E-state index contributed by atoms with van der Waals surface area (Å²) in [5.41, 5.74) is 2.79. The zero-order valence-corrected chi connectivity index (χ0v) is 16.6. The SMILES string of the molecule is Cc1nn(-c2ccc(C(=O)OCC(=O)N3CCC(C)CC3)cc2)c(C)c1Cl. The van der Waals surface area contributed by atoms with Crippen molar-refractivity contribution in [2.45, 2.75) is 33.6 Å². The molecular formula is C20H24ClN3O3. The van der Waals surface area contributed by atoms with Gasteiger partial charge in [0.25, 0.3) is 5.91 Å². The lowest BCUT2D eigenvalue weighted by Crippen LogP contribution is -2.40. The molecule has 6 nitrogen and oxygen atoms in total. The van der Waals surface area contributed by atoms with Crippen molar-refractivity contribution < 1.29 is 14.3 Å². The predicted octanol–water partition coefficient (Wildman–Crippen LogP) is 3.56. The van der Waals surface area contributed by atoms with Gasteiger partial charge in [0.2, 0.25) is 0 Å². The van der Waals surface area contributed by atoms with Gasteiger partial charge in [-0.2, -0.15) is 5.10 Å². The number of halogens is 1. The molecule has 1 aliphatic heterocycles. The van der Waals surface area contributed by atoms with Crippen LogP contribution >= 0.6 is 11.6 Å². The highest BCUT2D eigenvalue weighted by molar-refractivity contribution is 6.31. The molecule has 1 aromatic carbocycles. The molecule has 1 aliphatic rings. The van der Waals surface area contributed by atoms with E-state index in [1.807, 2.05) is 13.8 Å². The van der Waals surface area contributed by atoms with Gasteiger partial charge in [-0.1, -0.05) is 18.5 Å². The number of esters is 1. The molecule has 7 heteroatoms. The normalized spacial score (nSPS) is 15.0. The Labute approximate surface area is 164 Å². The number of hydrogen-bond acceptors (Lipinski definition) is 4. The van der Waals surface area contributed by atoms with Crippen LogP contribution in [0.5, 0.6) is 0 Å². The van der Waals surface area contributed by atoms with Crippen LogP contribution in [0.4, 0.5) is 0 Å². The topological polar surface area (TPSA) is 64.4 Å². The van der Waals surface area contributed by atoms with Gasteiger partial charge in [-0.05, 0) is 56.9 Å². The van der Waals surface area contributed by atoms with Crippen LogP contribution < -0.4 is 0 Å². The van der Waals surface area contributed by atoms with Gasteiger partial charge in [-0.3, -0.25) is 4.79 Å². The Morgan fingerprint density at radius 2 is 1.81 bits per heavy atom. The van der Waals surface area contributed by atoms with Crippen LogP contribution in [0.15, 0.2) is 24.3 Å². The summed E-state index contributed by atoms with van der Waals surface area (Å²) in [6.07, 6.45) is 2.00. The van der Waals surface area contributed by atoms with E-state index in [9.17, 15) is 9.59 Å². The fourth-order valence-corrected chi connectivity index (χ4v) is 3.29. The maximum Gasteiger partial charge on any atom is 0.338 e. The minimum Gasteiger partial charge on any atom is -0.452 e. The molecule has 1 aromatic heterocycles. The lowest BCUT2D eigenvalue weighted by Gasteiger charge is -2.30. The van der Waals surface area contributed by atoms with E-state index in [0.29, 0.717) is 16.5 Å². The number of amides is 1. The molecule has 1 fully saturated rings. The first-order valence-corrected chi connectivity index (χ1v) is 9.51. The van der Waals surface area contributed by atoms with Crippen LogP contribution in [0.2, 0.25) is 5.02 Å². The number of likely N-dealkylation sites (tertiary alicyclic amines) is 1. The lowest BCUT2D eigenvalue weighted by atomic mass is 9.99. The maximum absolute atomic E-state index is 12.2. The summed E-state index contributed by atoms with van der Waals surface area (Å²) < 4.78 is 6.92. The third-order valence-electron chi connectivity index (χ3n) is 5.01. The summed E-state index contributed by atoms with van der Waals surface area (Å²) in [7, 11) is 0. The van der Waals surface area contributed by atoms with E-state index in [0.717, 1.165) is 43.0 Å². The van der Waals surface area contributed by atoms with Crippen molar-refractivity contribution in [3.05, 3.63) is 46.2 Å². The molecule has 2 aromatic rings. The molecule has 144 valence electrons. The molecule has 0 unspecified atom stereocenters. The van der Waals surface area contributed by atoms with Gasteiger partial charge in [0.15, 0.2) is 6.61 Å². The van der Waals surface area contributed by atoms with Gasteiger partial charge in [-0.25, -0.2) is 9.48 Å². The number of carbonyl (C=O) groups excluding carboxylic acids is 2. The number of nitrogens with zero attached hydrogens (tertiary/aromatic N) is 3. The van der Waals surface area contributed by atoms with Crippen LogP contribution in [-0.2, 0) is 9.53 Å². The average molecular weight is 390 g/mol. The van der Waals surface area contributed by atoms with Crippen molar-refractivity contribution in [3.8, 4) is 5.69 Å². The van der Waals surface area contributed by atoms with Gasteiger partial charge < -0.3 is 9.64 Å². The van der Waals surface area contributed by atoms with Gasteiger partial charge in [0.05, 0.1) is 27.7 Å². The van der Waals surface area contributed by atoms with Gasteiger partial charge >= 0.3 is 5.97 Å². The molecule has 3 rings (SSSR count). The number of aryl methyl sites for hydroxylation is 1. The Bertz CT molecular complexity index is 837. The van der Waals surface area contributed by atoms with E-state index in [4.69, 9.17) is 16.3 Å². The number of ether oxygens (including phenoxy) is 1. The van der Waals surface area contributed by atoms with Crippen molar-refractivity contribution in [2.24, 2.45) is 5.92 Å². The zero-order chi connectivity index (χ0) is 19.6. The second-order valence-corrected chi connectivity index (χ2v) is 7.46. The number of aromatic nitrogens is 2. The third kappa shape index (κ3) is 4.33. The Kier molecular flexibility index (Phi) is 5.85. The number of carbonyl (C=O) groups is 2. The quantitative estimate of drug-likeness (QED) is 0.750. The van der Waals surface area contributed by atoms with Crippen molar-refractivity contribution in [2.75, 3.05) is 19.7 Å². The van der Waals surface area contributed by atoms with E-state index >= 15 is 0 Å². The van der Waals surface area contributed by atoms with E-state index in [1.165, 1.54) is 0 Å². The molecule has 0 atom stereocenters. The first-order valence-electron chi connectivity index (χ1n) is 9.14. The second kappa shape index (κ2) is 8.13. The molecule has 0 aliphatic carbocycles. The van der Waals surface area contributed by atoms with E-state index in [2.05, 4.69) is 12.0 Å². The number of rotatable bonds is 4. The highest BCUT2D eigenvalue weighted by Crippen LogP contribution is 2.22. The zero-order valence-electron chi connectivity index (χ0n) is 15.9. The van der Waals surface area contributed by atoms with Crippen LogP contribution in [0.1, 0.15) is 41.5 Å². The standard InChI is InChI=1S/C20H24ClN3O3/c1-13-8-10-23(11-9-13)18(25)12-27-20(26)16-4-6-17(7-5-16)24-15(3)19(21)14(2)22-24/h4-7,13H,8-12H2,1-3H3. The molecule has 2 heterocycles. The van der Waals surface area contributed by atoms with Crippen LogP contribution in [0.3, 0.4) is 0 Å². The number of hydrogen-bond donors (Lipinski definition) is 0. The molecule has 0 radical (unpaired) electrons. The molecule has 1 amide bonds. The monoisotopic (exact) mass is 389 g/mol. The van der Waals surface area contributed by atoms with Crippen LogP contribution in [-0.4, -0.2) is 46.3 Å². The average Bonchev–Trinajstić information content (AvgIpc) is 2.94. The summed E-state index contributed by atoms with van der Waals surface area (Å²) >= 11 is 6.18. The highest BCUT2D eigenvalue weighted by atomic mass is 35.5. The second-order valence-electron chi connectivity index (χ2n) is 7.08. The summed E-state index contributed by atoms with van der Waals surface area (Å²) in [4.78, 5) is 26.2. The van der Waals surface area contributed by atoms with E-state index in [-0.39, 0.29) is 12.5 Å². The van der Waals surface area contributed by atoms with Crippen LogP contribution in [0.25, 0.3) is 5.69 Å². The highest BCUT2D eigenvalue weighted by Gasteiger charge is 2.21. The van der Waals surface area contributed by atoms with Crippen molar-refractivity contribution in [1.82, 2.24) is 14.7 Å². The molecule has 27 heavy (non-hydrogen) atoms. The smallest absolute Gasteiger partial charge is 0.338 e. The fraction of sp³-hybridized carbons (Fsp3) is 0.450. The van der Waals surface area contributed by atoms with Crippen molar-refractivity contribution in [1.29, 1.82) is 0 Å². The molecule has 0 saturated carbocycles. The van der Waals surface area contributed by atoms with Crippen molar-refractivity contribution in [3.63, 3.8) is 0 Å². The summed E-state index contributed by atoms with van der Waals surface area (Å²) in [5.74, 6) is 0.00281. The first-order chi connectivity index (χ1) is 12.9. The minimum atomic E-state index is -0.508. The predicted molar refractivity (Wildman–Crippen MR) is 103 cm³/mol. The van der Waals surface area contributed by atoms with Gasteiger partial charge in [-0.15, -0.1) is 0 Å². The molecule has 0 bridgehead atoms. The summed E-state index contributed by atoms with van der Waals surface area (Å²) in [6, 6.07) is 6.88.